The smallest absolute Gasteiger partial charge is 0.326 e. The van der Waals surface area contributed by atoms with Gasteiger partial charge in [-0.05, 0) is 80.3 Å². The molecule has 0 saturated heterocycles. The van der Waals surface area contributed by atoms with Gasteiger partial charge >= 0.3 is 17.9 Å². The van der Waals surface area contributed by atoms with Crippen LogP contribution >= 0.6 is 0 Å². The van der Waals surface area contributed by atoms with E-state index in [1.807, 2.05) is 0 Å². The van der Waals surface area contributed by atoms with Crippen LogP contribution in [0.15, 0.2) is 121 Å². The molecule has 0 unspecified atom stereocenters. The Morgan fingerprint density at radius 3 is 0.937 bits per heavy atom. The Bertz CT molecular complexity index is 2630. The number of carbonyl (C=O) groups is 10. The molecule has 424 valence electrons. The molecule has 16 N–H and O–H groups in total. The topological polar surface area (TPSA) is 394 Å². The summed E-state index contributed by atoms with van der Waals surface area (Å²) < 4.78 is 0. The molecule has 79 heavy (non-hydrogen) atoms. The molecule has 0 bridgehead atoms. The Morgan fingerprint density at radius 1 is 0.342 bits per heavy atom. The molecule has 0 saturated carbocycles. The highest BCUT2D eigenvalue weighted by Crippen LogP contribution is 2.13. The lowest BCUT2D eigenvalue weighted by atomic mass is 10.0. The SMILES string of the molecule is NCCCC[C@H](NC(=O)[C@H](Cc1ccccc1)NC(=O)[C@H](CCCCN)NC(=O)[C@H](Cc1ccccc1)NC(=O)[C@H](CC(=O)O)NC(=O)[C@H](Cc1ccccc1)NC(=O)[C@H](CC(=O)O)NC(=O)[C@@H](N)Cc1ccccc1)C(=O)O. The van der Waals surface area contributed by atoms with Crippen molar-refractivity contribution in [3.8, 4) is 0 Å². The molecule has 0 spiro atoms. The second-order valence-electron chi connectivity index (χ2n) is 18.9. The average Bonchev–Trinajstić information content (AvgIpc) is 3.44. The van der Waals surface area contributed by atoms with E-state index in [4.69, 9.17) is 17.2 Å². The number of aliphatic carboxylic acids is 3. The minimum Gasteiger partial charge on any atom is -0.481 e. The normalized spacial score (nSPS) is 14.0. The highest BCUT2D eigenvalue weighted by Gasteiger charge is 2.36. The van der Waals surface area contributed by atoms with Gasteiger partial charge in [0.1, 0.15) is 42.3 Å². The van der Waals surface area contributed by atoms with Crippen molar-refractivity contribution in [2.45, 2.75) is 125 Å². The maximum atomic E-state index is 14.5. The highest BCUT2D eigenvalue weighted by atomic mass is 16.4. The van der Waals surface area contributed by atoms with Gasteiger partial charge in [0.05, 0.1) is 18.9 Å². The fourth-order valence-electron chi connectivity index (χ4n) is 8.33. The van der Waals surface area contributed by atoms with Gasteiger partial charge in [-0.25, -0.2) is 4.79 Å². The van der Waals surface area contributed by atoms with E-state index in [0.717, 1.165) is 0 Å². The molecule has 0 fully saturated rings. The number of benzene rings is 4. The van der Waals surface area contributed by atoms with E-state index in [1.165, 1.54) is 0 Å². The van der Waals surface area contributed by atoms with Crippen LogP contribution in [0.4, 0.5) is 0 Å². The Kier molecular flexibility index (Phi) is 26.8. The van der Waals surface area contributed by atoms with E-state index in [1.54, 1.807) is 121 Å². The lowest BCUT2D eigenvalue weighted by molar-refractivity contribution is -0.143. The van der Waals surface area contributed by atoms with E-state index in [0.29, 0.717) is 54.5 Å². The minimum atomic E-state index is -1.91. The first kappa shape index (κ1) is 63.0. The number of carbonyl (C=O) groups excluding carboxylic acids is 7. The first-order valence-corrected chi connectivity index (χ1v) is 26.0. The zero-order chi connectivity index (χ0) is 57.7. The van der Waals surface area contributed by atoms with Gasteiger partial charge in [-0.2, -0.15) is 0 Å². The molecular weight excluding hydrogens is 1020 g/mol. The van der Waals surface area contributed by atoms with Crippen molar-refractivity contribution in [2.75, 3.05) is 13.1 Å². The largest absolute Gasteiger partial charge is 0.481 e. The number of amides is 7. The fourth-order valence-corrected chi connectivity index (χ4v) is 8.33. The van der Waals surface area contributed by atoms with Gasteiger partial charge in [0.2, 0.25) is 41.4 Å². The first-order valence-electron chi connectivity index (χ1n) is 26.0. The third kappa shape index (κ3) is 22.9. The second kappa shape index (κ2) is 33.6. The molecular formula is C56H72N10O13. The average molecular weight is 1090 g/mol. The molecule has 4 aromatic rings. The molecule has 0 radical (unpaired) electrons. The molecule has 23 nitrogen and oxygen atoms in total. The number of nitrogens with two attached hydrogens (primary N) is 3. The van der Waals surface area contributed by atoms with E-state index >= 15 is 0 Å². The zero-order valence-corrected chi connectivity index (χ0v) is 43.7. The third-order valence-corrected chi connectivity index (χ3v) is 12.5. The quantitative estimate of drug-likeness (QED) is 0.0269. The van der Waals surface area contributed by atoms with Crippen molar-refractivity contribution in [3.63, 3.8) is 0 Å². The molecule has 0 aliphatic heterocycles. The standard InChI is InChI=1S/C56H72N10O13/c57-27-15-13-25-40(50(72)63-43(31-37-21-9-3-10-22-37)52(74)61-41(56(78)79)26-14-16-28-58)60-51(73)42(30-36-19-7-2-8-20-36)64-55(77)46(34-48(69)70)66-53(75)44(32-38-23-11-4-12-24-38)65-54(76)45(33-47(67)68)62-49(71)39(59)29-35-17-5-1-6-18-35/h1-12,17-24,39-46H,13-16,25-34,57-59H2,(H,60,73)(H,61,74)(H,62,71)(H,63,72)(H,64,77)(H,65,76)(H,66,75)(H,67,68)(H,69,70)(H,78,79)/t39-,40-,41-,42-,43-,44-,45-,46-/m0/s1. The van der Waals surface area contributed by atoms with Crippen LogP contribution in [0, 0.1) is 0 Å². The number of hydrogen-bond donors (Lipinski definition) is 13. The number of nitrogens with one attached hydrogen (secondary N) is 7. The van der Waals surface area contributed by atoms with Crippen molar-refractivity contribution in [2.24, 2.45) is 17.2 Å². The number of carboxylic acids is 3. The summed E-state index contributed by atoms with van der Waals surface area (Å²) in [6.07, 6.45) is -0.777. The molecule has 0 aliphatic carbocycles. The predicted molar refractivity (Wildman–Crippen MR) is 290 cm³/mol. The van der Waals surface area contributed by atoms with Crippen molar-refractivity contribution in [3.05, 3.63) is 144 Å². The summed E-state index contributed by atoms with van der Waals surface area (Å²) >= 11 is 0. The van der Waals surface area contributed by atoms with Crippen molar-refractivity contribution in [1.82, 2.24) is 37.2 Å². The fraction of sp³-hybridized carbons (Fsp3) is 0.393. The van der Waals surface area contributed by atoms with Crippen LogP contribution in [-0.4, -0.2) is 136 Å². The summed E-state index contributed by atoms with van der Waals surface area (Å²) in [4.78, 5) is 135. The lowest BCUT2D eigenvalue weighted by Crippen LogP contribution is -2.61. The van der Waals surface area contributed by atoms with Gasteiger partial charge in [0, 0.05) is 19.3 Å². The van der Waals surface area contributed by atoms with Gasteiger partial charge in [-0.1, -0.05) is 121 Å². The summed E-state index contributed by atoms with van der Waals surface area (Å²) in [5.41, 5.74) is 19.8. The maximum Gasteiger partial charge on any atom is 0.326 e. The van der Waals surface area contributed by atoms with Crippen LogP contribution in [0.25, 0.3) is 0 Å². The van der Waals surface area contributed by atoms with E-state index in [2.05, 4.69) is 37.2 Å². The van der Waals surface area contributed by atoms with Gasteiger partial charge < -0.3 is 69.7 Å². The Labute approximate surface area is 457 Å². The van der Waals surface area contributed by atoms with Gasteiger partial charge in [-0.15, -0.1) is 0 Å². The van der Waals surface area contributed by atoms with E-state index in [9.17, 15) is 63.3 Å². The van der Waals surface area contributed by atoms with Crippen LogP contribution in [0.5, 0.6) is 0 Å². The van der Waals surface area contributed by atoms with Crippen LogP contribution < -0.4 is 54.4 Å². The van der Waals surface area contributed by atoms with Crippen LogP contribution in [-0.2, 0) is 73.6 Å². The number of hydrogen-bond acceptors (Lipinski definition) is 13. The van der Waals surface area contributed by atoms with Crippen LogP contribution in [0.1, 0.15) is 73.6 Å². The summed E-state index contributed by atoms with van der Waals surface area (Å²) in [5.74, 6) is -11.1. The first-order chi connectivity index (χ1) is 37.9. The highest BCUT2D eigenvalue weighted by molar-refractivity contribution is 5.99. The summed E-state index contributed by atoms with van der Waals surface area (Å²) in [6, 6.07) is 21.8. The molecule has 0 heterocycles. The maximum absolute atomic E-state index is 14.5. The summed E-state index contributed by atoms with van der Waals surface area (Å²) in [6.45, 7) is 0.539. The Morgan fingerprint density at radius 2 is 0.608 bits per heavy atom. The molecule has 7 amide bonds. The number of rotatable bonds is 35. The lowest BCUT2D eigenvalue weighted by Gasteiger charge is -2.28. The van der Waals surface area contributed by atoms with E-state index in [-0.39, 0.29) is 45.1 Å². The van der Waals surface area contributed by atoms with Gasteiger partial charge in [-0.3, -0.25) is 43.2 Å². The zero-order valence-electron chi connectivity index (χ0n) is 43.7. The van der Waals surface area contributed by atoms with E-state index < -0.39 is 120 Å². The molecule has 4 rings (SSSR count). The summed E-state index contributed by atoms with van der Waals surface area (Å²) in [5, 5.41) is 47.3. The second-order valence-corrected chi connectivity index (χ2v) is 18.9. The Balaban J connectivity index is 1.62. The summed E-state index contributed by atoms with van der Waals surface area (Å²) in [7, 11) is 0. The van der Waals surface area contributed by atoms with Crippen LogP contribution in [0.2, 0.25) is 0 Å². The predicted octanol–water partition coefficient (Wildman–Crippen LogP) is -0.0299. The number of carboxylic acid groups (broad SMARTS) is 3. The minimum absolute atomic E-state index is 0.0129. The van der Waals surface area contributed by atoms with Crippen molar-refractivity contribution < 1.29 is 63.3 Å². The molecule has 23 heteroatoms. The third-order valence-electron chi connectivity index (χ3n) is 12.5. The number of unbranched alkanes of at least 4 members (excludes halogenated alkanes) is 2. The molecule has 8 atom stereocenters. The van der Waals surface area contributed by atoms with Gasteiger partial charge in [0.25, 0.3) is 0 Å². The monoisotopic (exact) mass is 1090 g/mol. The Hall–Kier alpha value is -8.54. The van der Waals surface area contributed by atoms with Crippen LogP contribution in [0.3, 0.4) is 0 Å². The molecule has 0 aliphatic rings. The van der Waals surface area contributed by atoms with Crippen molar-refractivity contribution >= 4 is 59.3 Å². The molecule has 4 aromatic carbocycles. The van der Waals surface area contributed by atoms with Gasteiger partial charge in [0.15, 0.2) is 0 Å². The van der Waals surface area contributed by atoms with Crippen molar-refractivity contribution in [1.29, 1.82) is 0 Å². The molecule has 0 aromatic heterocycles.